The molecule has 124 valence electrons. The van der Waals surface area contributed by atoms with E-state index in [9.17, 15) is 4.79 Å². The third-order valence-corrected chi connectivity index (χ3v) is 4.16. The summed E-state index contributed by atoms with van der Waals surface area (Å²) in [7, 11) is 1.57. The Morgan fingerprint density at radius 2 is 2.13 bits per heavy atom. The molecule has 7 nitrogen and oxygen atoms in total. The number of nitrogens with zero attached hydrogens (tertiary/aromatic N) is 3. The van der Waals surface area contributed by atoms with Crippen molar-refractivity contribution >= 4 is 29.3 Å². The van der Waals surface area contributed by atoms with E-state index in [1.807, 2.05) is 26.0 Å². The fourth-order valence-electron chi connectivity index (χ4n) is 2.26. The highest BCUT2D eigenvalue weighted by molar-refractivity contribution is 7.99. The normalized spacial score (nSPS) is 12.0. The fourth-order valence-corrected chi connectivity index (χ4v) is 2.97. The van der Waals surface area contributed by atoms with Gasteiger partial charge in [0.15, 0.2) is 5.16 Å². The van der Waals surface area contributed by atoms with Crippen molar-refractivity contribution in [3.63, 3.8) is 0 Å². The number of nitrogens with two attached hydrogens (primary N) is 1. The predicted octanol–water partition coefficient (Wildman–Crippen LogP) is 2.57. The number of thioether (sulfide) groups is 1. The first-order valence-electron chi connectivity index (χ1n) is 7.39. The zero-order chi connectivity index (χ0) is 16.8. The zero-order valence-electron chi connectivity index (χ0n) is 13.4. The van der Waals surface area contributed by atoms with Crippen molar-refractivity contribution in [3.8, 4) is 5.75 Å². The van der Waals surface area contributed by atoms with Crippen LogP contribution in [0.25, 0.3) is 0 Å². The lowest BCUT2D eigenvalue weighted by molar-refractivity contribution is -0.119. The van der Waals surface area contributed by atoms with Crippen LogP contribution < -0.4 is 15.8 Å². The maximum absolute atomic E-state index is 12.7. The van der Waals surface area contributed by atoms with Crippen molar-refractivity contribution in [1.82, 2.24) is 14.8 Å². The third-order valence-electron chi connectivity index (χ3n) is 3.33. The number of rotatable bonds is 7. The fraction of sp³-hybridized carbons (Fsp3) is 0.400. The standard InChI is InChI=1S/C15H21N5O2S/c1-4-11(20-14(16)18-19-15(20)23-5-2)13(21)17-10-8-6-7-9-12(10)22-3/h6-9,11H,4-5H2,1-3H3,(H2,16,18)(H,17,21). The molecule has 1 heterocycles. The highest BCUT2D eigenvalue weighted by Crippen LogP contribution is 2.28. The molecule has 23 heavy (non-hydrogen) atoms. The lowest BCUT2D eigenvalue weighted by atomic mass is 10.2. The molecule has 0 radical (unpaired) electrons. The summed E-state index contributed by atoms with van der Waals surface area (Å²) in [5.74, 6) is 1.49. The van der Waals surface area contributed by atoms with Crippen LogP contribution in [0, 0.1) is 0 Å². The number of nitrogen functional groups attached to an aromatic ring is 1. The molecule has 1 atom stereocenters. The molecule has 0 bridgehead atoms. The van der Waals surface area contributed by atoms with Gasteiger partial charge in [0.1, 0.15) is 11.8 Å². The molecule has 1 unspecified atom stereocenters. The van der Waals surface area contributed by atoms with E-state index >= 15 is 0 Å². The zero-order valence-corrected chi connectivity index (χ0v) is 14.3. The molecular weight excluding hydrogens is 314 g/mol. The van der Waals surface area contributed by atoms with E-state index in [1.54, 1.807) is 23.8 Å². The average Bonchev–Trinajstić information content (AvgIpc) is 2.90. The molecule has 8 heteroatoms. The monoisotopic (exact) mass is 335 g/mol. The van der Waals surface area contributed by atoms with Crippen LogP contribution in [0.2, 0.25) is 0 Å². The van der Waals surface area contributed by atoms with Crippen LogP contribution in [0.1, 0.15) is 26.3 Å². The Labute approximate surface area is 139 Å². The largest absolute Gasteiger partial charge is 0.495 e. The molecule has 0 fully saturated rings. The van der Waals surface area contributed by atoms with E-state index in [1.165, 1.54) is 11.8 Å². The first kappa shape index (κ1) is 17.1. The van der Waals surface area contributed by atoms with Crippen molar-refractivity contribution < 1.29 is 9.53 Å². The second-order valence-electron chi connectivity index (χ2n) is 4.76. The number of para-hydroxylation sites is 2. The van der Waals surface area contributed by atoms with Crippen LogP contribution in [-0.2, 0) is 4.79 Å². The summed E-state index contributed by atoms with van der Waals surface area (Å²) in [5, 5.41) is 11.5. The van der Waals surface area contributed by atoms with E-state index in [4.69, 9.17) is 10.5 Å². The number of hydrogen-bond donors (Lipinski definition) is 2. The number of hydrogen-bond acceptors (Lipinski definition) is 6. The van der Waals surface area contributed by atoms with Gasteiger partial charge in [0.25, 0.3) is 0 Å². The van der Waals surface area contributed by atoms with E-state index in [0.29, 0.717) is 23.0 Å². The topological polar surface area (TPSA) is 95.1 Å². The van der Waals surface area contributed by atoms with Gasteiger partial charge in [0, 0.05) is 0 Å². The number of anilines is 2. The summed E-state index contributed by atoms with van der Waals surface area (Å²) < 4.78 is 6.94. The Hall–Kier alpha value is -2.22. The minimum absolute atomic E-state index is 0.179. The van der Waals surface area contributed by atoms with Gasteiger partial charge in [-0.1, -0.05) is 37.7 Å². The predicted molar refractivity (Wildman–Crippen MR) is 91.8 cm³/mol. The molecule has 1 amide bonds. The molecule has 0 saturated carbocycles. The molecule has 2 rings (SSSR count). The Kier molecular flexibility index (Phi) is 5.86. The van der Waals surface area contributed by atoms with Crippen LogP contribution in [0.15, 0.2) is 29.4 Å². The van der Waals surface area contributed by atoms with Gasteiger partial charge in [-0.3, -0.25) is 9.36 Å². The number of amides is 1. The van der Waals surface area contributed by atoms with Crippen molar-refractivity contribution in [2.24, 2.45) is 0 Å². The number of aromatic nitrogens is 3. The third kappa shape index (κ3) is 3.76. The molecule has 0 aliphatic heterocycles. The van der Waals surface area contributed by atoms with Crippen molar-refractivity contribution in [3.05, 3.63) is 24.3 Å². The Bertz CT molecular complexity index is 674. The molecule has 0 spiro atoms. The molecule has 3 N–H and O–H groups in total. The molecule has 0 saturated heterocycles. The summed E-state index contributed by atoms with van der Waals surface area (Å²) in [4.78, 5) is 12.7. The maximum atomic E-state index is 12.7. The van der Waals surface area contributed by atoms with Gasteiger partial charge in [-0.05, 0) is 24.3 Å². The number of benzene rings is 1. The second-order valence-corrected chi connectivity index (χ2v) is 5.99. The van der Waals surface area contributed by atoms with Crippen LogP contribution >= 0.6 is 11.8 Å². The number of nitrogens with one attached hydrogen (secondary N) is 1. The Morgan fingerprint density at radius 1 is 1.39 bits per heavy atom. The first-order chi connectivity index (χ1) is 11.1. The first-order valence-corrected chi connectivity index (χ1v) is 8.37. The minimum atomic E-state index is -0.482. The Morgan fingerprint density at radius 3 is 2.78 bits per heavy atom. The van der Waals surface area contributed by atoms with E-state index in [0.717, 1.165) is 5.75 Å². The summed E-state index contributed by atoms with van der Waals surface area (Å²) in [6.07, 6.45) is 0.570. The lowest BCUT2D eigenvalue weighted by Gasteiger charge is -2.19. The summed E-state index contributed by atoms with van der Waals surface area (Å²) >= 11 is 1.50. The van der Waals surface area contributed by atoms with Gasteiger partial charge in [-0.25, -0.2) is 0 Å². The lowest BCUT2D eigenvalue weighted by Crippen LogP contribution is -2.27. The van der Waals surface area contributed by atoms with Gasteiger partial charge in [-0.15, -0.1) is 10.2 Å². The summed E-state index contributed by atoms with van der Waals surface area (Å²) in [6.45, 7) is 3.93. The van der Waals surface area contributed by atoms with Crippen LogP contribution in [0.3, 0.4) is 0 Å². The van der Waals surface area contributed by atoms with Crippen molar-refractivity contribution in [2.45, 2.75) is 31.5 Å². The molecular formula is C15H21N5O2S. The van der Waals surface area contributed by atoms with E-state index in [-0.39, 0.29) is 11.9 Å². The van der Waals surface area contributed by atoms with Crippen LogP contribution in [-0.4, -0.2) is 33.5 Å². The highest BCUT2D eigenvalue weighted by Gasteiger charge is 2.25. The van der Waals surface area contributed by atoms with Crippen molar-refractivity contribution in [1.29, 1.82) is 0 Å². The number of carbonyl (C=O) groups is 1. The van der Waals surface area contributed by atoms with Crippen molar-refractivity contribution in [2.75, 3.05) is 23.9 Å². The van der Waals surface area contributed by atoms with Crippen LogP contribution in [0.4, 0.5) is 11.6 Å². The quantitative estimate of drug-likeness (QED) is 0.755. The summed E-state index contributed by atoms with van der Waals surface area (Å²) in [5.41, 5.74) is 6.53. The Balaban J connectivity index is 2.27. The summed E-state index contributed by atoms with van der Waals surface area (Å²) in [6, 6.07) is 6.79. The van der Waals surface area contributed by atoms with Gasteiger partial charge in [0.2, 0.25) is 11.9 Å². The number of carbonyl (C=O) groups excluding carboxylic acids is 1. The average molecular weight is 335 g/mol. The molecule has 0 aliphatic carbocycles. The molecule has 0 aliphatic rings. The minimum Gasteiger partial charge on any atom is -0.495 e. The van der Waals surface area contributed by atoms with Gasteiger partial charge < -0.3 is 15.8 Å². The van der Waals surface area contributed by atoms with E-state index in [2.05, 4.69) is 15.5 Å². The van der Waals surface area contributed by atoms with Gasteiger partial charge in [0.05, 0.1) is 12.8 Å². The van der Waals surface area contributed by atoms with E-state index < -0.39 is 6.04 Å². The molecule has 1 aromatic carbocycles. The number of ether oxygens (including phenoxy) is 1. The highest BCUT2D eigenvalue weighted by atomic mass is 32.2. The SMILES string of the molecule is CCSc1nnc(N)n1C(CC)C(=O)Nc1ccccc1OC. The van der Waals surface area contributed by atoms with Gasteiger partial charge >= 0.3 is 0 Å². The smallest absolute Gasteiger partial charge is 0.247 e. The van der Waals surface area contributed by atoms with Gasteiger partial charge in [-0.2, -0.15) is 0 Å². The number of methoxy groups -OCH3 is 1. The second kappa shape index (κ2) is 7.87. The van der Waals surface area contributed by atoms with Crippen LogP contribution in [0.5, 0.6) is 5.75 Å². The molecule has 2 aromatic rings. The maximum Gasteiger partial charge on any atom is 0.247 e. The molecule has 1 aromatic heterocycles.